The molecular weight excluding hydrogens is 268 g/mol. The maximum atomic E-state index is 5.17. The van der Waals surface area contributed by atoms with E-state index < -0.39 is 0 Å². The summed E-state index contributed by atoms with van der Waals surface area (Å²) < 4.78 is 5.17. The molecule has 1 aromatic heterocycles. The van der Waals surface area contributed by atoms with Gasteiger partial charge >= 0.3 is 0 Å². The fraction of sp³-hybridized carbons (Fsp3) is 0.625. The molecule has 1 heterocycles. The smallest absolute Gasteiger partial charge is 0.0589 e. The zero-order valence-electron chi connectivity index (χ0n) is 13.1. The number of nitrogens with zero attached hydrogens (tertiary/aromatic N) is 1. The molecule has 0 saturated carbocycles. The first-order chi connectivity index (χ1) is 9.71. The second-order valence-corrected chi connectivity index (χ2v) is 6.33. The van der Waals surface area contributed by atoms with E-state index in [9.17, 15) is 0 Å². The highest BCUT2D eigenvalue weighted by Gasteiger charge is 2.10. The first-order valence-corrected chi connectivity index (χ1v) is 8.14. The lowest BCUT2D eigenvalue weighted by Crippen LogP contribution is -2.27. The van der Waals surface area contributed by atoms with E-state index in [4.69, 9.17) is 4.74 Å². The molecule has 0 saturated heterocycles. The summed E-state index contributed by atoms with van der Waals surface area (Å²) in [7, 11) is 1.75. The highest BCUT2D eigenvalue weighted by atomic mass is 32.1. The van der Waals surface area contributed by atoms with Gasteiger partial charge in [-0.2, -0.15) is 0 Å². The molecule has 0 spiro atoms. The van der Waals surface area contributed by atoms with Crippen LogP contribution in [0.25, 0.3) is 0 Å². The second-order valence-electron chi connectivity index (χ2n) is 4.99. The van der Waals surface area contributed by atoms with Crippen molar-refractivity contribution in [2.45, 2.75) is 33.4 Å². The Kier molecular flexibility index (Phi) is 8.78. The van der Waals surface area contributed by atoms with Crippen molar-refractivity contribution in [1.82, 2.24) is 10.2 Å². The minimum atomic E-state index is 0.766. The van der Waals surface area contributed by atoms with Gasteiger partial charge < -0.3 is 10.1 Å². The standard InChI is InChI=1S/C16H28N2OS/c1-5-7-17-12-16-11-15(14(3)20-16)13-18(8-6-2)9-10-19-4/h6,11,17H,2,5,7-10,12-13H2,1,3-4H3. The summed E-state index contributed by atoms with van der Waals surface area (Å²) in [4.78, 5) is 5.22. The largest absolute Gasteiger partial charge is 0.383 e. The fourth-order valence-corrected chi connectivity index (χ4v) is 3.12. The summed E-state index contributed by atoms with van der Waals surface area (Å²) in [5.41, 5.74) is 1.43. The van der Waals surface area contributed by atoms with Gasteiger partial charge in [-0.1, -0.05) is 13.0 Å². The Morgan fingerprint density at radius 2 is 2.30 bits per heavy atom. The molecule has 4 heteroatoms. The Hall–Kier alpha value is -0.680. The average Bonchev–Trinajstić information content (AvgIpc) is 2.77. The highest BCUT2D eigenvalue weighted by Crippen LogP contribution is 2.23. The van der Waals surface area contributed by atoms with Crippen LogP contribution in [-0.4, -0.2) is 38.3 Å². The molecule has 1 aromatic rings. The van der Waals surface area contributed by atoms with Gasteiger partial charge in [0.1, 0.15) is 0 Å². The molecule has 0 amide bonds. The van der Waals surface area contributed by atoms with E-state index in [1.165, 1.54) is 21.7 Å². The number of nitrogens with one attached hydrogen (secondary N) is 1. The fourth-order valence-electron chi connectivity index (χ4n) is 2.10. The predicted molar refractivity (Wildman–Crippen MR) is 88.4 cm³/mol. The molecule has 0 fully saturated rings. The highest BCUT2D eigenvalue weighted by molar-refractivity contribution is 7.12. The summed E-state index contributed by atoms with van der Waals surface area (Å²) in [6.07, 6.45) is 3.14. The minimum Gasteiger partial charge on any atom is -0.383 e. The SMILES string of the molecule is C=CCN(CCOC)Cc1cc(CNCCC)sc1C. The van der Waals surface area contributed by atoms with Crippen molar-refractivity contribution in [1.29, 1.82) is 0 Å². The Morgan fingerprint density at radius 1 is 1.50 bits per heavy atom. The number of hydrogen-bond acceptors (Lipinski definition) is 4. The van der Waals surface area contributed by atoms with E-state index in [2.05, 4.69) is 36.7 Å². The lowest BCUT2D eigenvalue weighted by Gasteiger charge is -2.20. The van der Waals surface area contributed by atoms with Gasteiger partial charge in [0, 0.05) is 43.0 Å². The van der Waals surface area contributed by atoms with E-state index >= 15 is 0 Å². The van der Waals surface area contributed by atoms with E-state index in [1.54, 1.807) is 7.11 Å². The van der Waals surface area contributed by atoms with Crippen LogP contribution in [0.15, 0.2) is 18.7 Å². The first-order valence-electron chi connectivity index (χ1n) is 7.32. The lowest BCUT2D eigenvalue weighted by atomic mass is 10.2. The predicted octanol–water partition coefficient (Wildman–Crippen LogP) is 3.19. The third-order valence-corrected chi connectivity index (χ3v) is 4.28. The van der Waals surface area contributed by atoms with Gasteiger partial charge in [0.05, 0.1) is 6.61 Å². The lowest BCUT2D eigenvalue weighted by molar-refractivity contribution is 0.151. The third-order valence-electron chi connectivity index (χ3n) is 3.19. The number of methoxy groups -OCH3 is 1. The van der Waals surface area contributed by atoms with Crippen molar-refractivity contribution in [3.05, 3.63) is 34.0 Å². The van der Waals surface area contributed by atoms with Crippen LogP contribution >= 0.6 is 11.3 Å². The number of aryl methyl sites for hydroxylation is 1. The van der Waals surface area contributed by atoms with Gasteiger partial charge in [-0.25, -0.2) is 0 Å². The molecule has 1 rings (SSSR count). The molecule has 0 bridgehead atoms. The molecule has 114 valence electrons. The molecule has 0 unspecified atom stereocenters. The second kappa shape index (κ2) is 10.1. The van der Waals surface area contributed by atoms with Crippen molar-refractivity contribution in [2.75, 3.05) is 33.4 Å². The summed E-state index contributed by atoms with van der Waals surface area (Å²) in [5.74, 6) is 0. The Bertz CT molecular complexity index is 390. The Labute approximate surface area is 127 Å². The van der Waals surface area contributed by atoms with E-state index in [-0.39, 0.29) is 0 Å². The molecule has 0 aliphatic carbocycles. The maximum Gasteiger partial charge on any atom is 0.0589 e. The number of ether oxygens (including phenoxy) is 1. The molecule has 0 aliphatic rings. The van der Waals surface area contributed by atoms with Crippen LogP contribution in [0.4, 0.5) is 0 Å². The van der Waals surface area contributed by atoms with Gasteiger partial charge in [-0.05, 0) is 31.5 Å². The zero-order valence-corrected chi connectivity index (χ0v) is 13.9. The van der Waals surface area contributed by atoms with E-state index in [0.717, 1.165) is 39.3 Å². The molecule has 0 aliphatic heterocycles. The van der Waals surface area contributed by atoms with E-state index in [1.807, 2.05) is 17.4 Å². The van der Waals surface area contributed by atoms with Crippen molar-refractivity contribution in [3.8, 4) is 0 Å². The maximum absolute atomic E-state index is 5.17. The zero-order chi connectivity index (χ0) is 14.8. The number of rotatable bonds is 11. The number of thiophene rings is 1. The summed E-state index contributed by atoms with van der Waals surface area (Å²) in [5, 5.41) is 3.47. The summed E-state index contributed by atoms with van der Waals surface area (Å²) >= 11 is 1.90. The van der Waals surface area contributed by atoms with Crippen LogP contribution in [0.3, 0.4) is 0 Å². The van der Waals surface area contributed by atoms with Crippen molar-refractivity contribution in [2.24, 2.45) is 0 Å². The molecule has 0 atom stereocenters. The quantitative estimate of drug-likeness (QED) is 0.501. The van der Waals surface area contributed by atoms with Crippen LogP contribution in [-0.2, 0) is 17.8 Å². The van der Waals surface area contributed by atoms with Gasteiger partial charge in [0.15, 0.2) is 0 Å². The van der Waals surface area contributed by atoms with E-state index in [0.29, 0.717) is 0 Å². The van der Waals surface area contributed by atoms with Crippen LogP contribution in [0.2, 0.25) is 0 Å². The van der Waals surface area contributed by atoms with Crippen LogP contribution in [0, 0.1) is 6.92 Å². The molecule has 3 nitrogen and oxygen atoms in total. The average molecular weight is 296 g/mol. The van der Waals surface area contributed by atoms with Gasteiger partial charge in [-0.3, -0.25) is 4.90 Å². The molecule has 0 radical (unpaired) electrons. The normalized spacial score (nSPS) is 11.2. The van der Waals surface area contributed by atoms with Crippen molar-refractivity contribution < 1.29 is 4.74 Å². The first kappa shape index (κ1) is 17.4. The molecule has 1 N–H and O–H groups in total. The molecule has 0 aromatic carbocycles. The summed E-state index contributed by atoms with van der Waals surface area (Å²) in [6, 6.07) is 2.34. The Morgan fingerprint density at radius 3 is 2.95 bits per heavy atom. The molecule has 20 heavy (non-hydrogen) atoms. The Balaban J connectivity index is 2.57. The minimum absolute atomic E-state index is 0.766. The van der Waals surface area contributed by atoms with Crippen LogP contribution < -0.4 is 5.32 Å². The van der Waals surface area contributed by atoms with Crippen molar-refractivity contribution >= 4 is 11.3 Å². The van der Waals surface area contributed by atoms with Crippen LogP contribution in [0.5, 0.6) is 0 Å². The van der Waals surface area contributed by atoms with Gasteiger partial charge in [0.25, 0.3) is 0 Å². The summed E-state index contributed by atoms with van der Waals surface area (Å²) in [6.45, 7) is 13.9. The van der Waals surface area contributed by atoms with Crippen LogP contribution in [0.1, 0.15) is 28.7 Å². The van der Waals surface area contributed by atoms with Gasteiger partial charge in [0.2, 0.25) is 0 Å². The topological polar surface area (TPSA) is 24.5 Å². The monoisotopic (exact) mass is 296 g/mol. The number of hydrogen-bond donors (Lipinski definition) is 1. The van der Waals surface area contributed by atoms with Gasteiger partial charge in [-0.15, -0.1) is 17.9 Å². The molecular formula is C16H28N2OS. The third kappa shape index (κ3) is 6.18. The van der Waals surface area contributed by atoms with Crippen molar-refractivity contribution in [3.63, 3.8) is 0 Å².